The third-order valence-corrected chi connectivity index (χ3v) is 2.61. The Morgan fingerprint density at radius 3 is 2.86 bits per heavy atom. The summed E-state index contributed by atoms with van der Waals surface area (Å²) in [6, 6.07) is -0.0795. The van der Waals surface area contributed by atoms with Crippen molar-refractivity contribution in [1.82, 2.24) is 5.32 Å². The molecule has 0 saturated heterocycles. The fourth-order valence-corrected chi connectivity index (χ4v) is 1.86. The normalized spacial score (nSPS) is 28.8. The summed E-state index contributed by atoms with van der Waals surface area (Å²) >= 11 is 0. The van der Waals surface area contributed by atoms with E-state index in [1.807, 2.05) is 6.92 Å². The van der Waals surface area contributed by atoms with Crippen LogP contribution in [0.4, 0.5) is 0 Å². The monoisotopic (exact) mass is 200 g/mol. The van der Waals surface area contributed by atoms with Crippen LogP contribution in [0.3, 0.4) is 0 Å². The predicted molar refractivity (Wildman–Crippen MR) is 54.6 cm³/mol. The Labute approximate surface area is 84.9 Å². The Morgan fingerprint density at radius 1 is 1.64 bits per heavy atom. The number of hydrogen-bond acceptors (Lipinski definition) is 3. The first-order valence-electron chi connectivity index (χ1n) is 5.28. The summed E-state index contributed by atoms with van der Waals surface area (Å²) < 4.78 is 0. The number of carbonyl (C=O) groups excluding carboxylic acids is 1. The molecule has 0 aromatic rings. The Hall–Kier alpha value is -0.610. The van der Waals surface area contributed by atoms with Crippen molar-refractivity contribution >= 4 is 5.91 Å². The van der Waals surface area contributed by atoms with Gasteiger partial charge in [0.15, 0.2) is 0 Å². The molecule has 14 heavy (non-hydrogen) atoms. The van der Waals surface area contributed by atoms with Crippen molar-refractivity contribution in [3.8, 4) is 0 Å². The summed E-state index contributed by atoms with van der Waals surface area (Å²) in [7, 11) is 0. The van der Waals surface area contributed by atoms with Crippen molar-refractivity contribution in [3.05, 3.63) is 0 Å². The lowest BCUT2D eigenvalue weighted by Gasteiger charge is -2.11. The number of carbonyl (C=O) groups is 1. The molecule has 0 heterocycles. The molecule has 4 heteroatoms. The summed E-state index contributed by atoms with van der Waals surface area (Å²) in [4.78, 5) is 11.2. The van der Waals surface area contributed by atoms with Crippen LogP contribution in [0.2, 0.25) is 0 Å². The van der Waals surface area contributed by atoms with Gasteiger partial charge in [-0.25, -0.2) is 0 Å². The minimum atomic E-state index is -0.162. The van der Waals surface area contributed by atoms with Crippen molar-refractivity contribution in [2.45, 2.75) is 44.8 Å². The molecule has 0 aromatic carbocycles. The lowest BCUT2D eigenvalue weighted by atomic mass is 10.1. The van der Waals surface area contributed by atoms with Crippen LogP contribution in [0, 0.1) is 5.92 Å². The quantitative estimate of drug-likeness (QED) is 0.598. The zero-order valence-corrected chi connectivity index (χ0v) is 8.70. The minimum absolute atomic E-state index is 0.0152. The fourth-order valence-electron chi connectivity index (χ4n) is 1.86. The van der Waals surface area contributed by atoms with Gasteiger partial charge in [0.1, 0.15) is 0 Å². The number of amides is 1. The van der Waals surface area contributed by atoms with Gasteiger partial charge in [-0.1, -0.05) is 0 Å². The molecule has 1 rings (SSSR count). The average molecular weight is 200 g/mol. The molecule has 0 aromatic heterocycles. The van der Waals surface area contributed by atoms with Gasteiger partial charge in [0.05, 0.1) is 6.10 Å². The van der Waals surface area contributed by atoms with E-state index < -0.39 is 0 Å². The van der Waals surface area contributed by atoms with Gasteiger partial charge >= 0.3 is 0 Å². The highest BCUT2D eigenvalue weighted by Crippen LogP contribution is 2.24. The summed E-state index contributed by atoms with van der Waals surface area (Å²) in [5.74, 6) is 0.462. The van der Waals surface area contributed by atoms with Gasteiger partial charge in [0.2, 0.25) is 5.91 Å². The summed E-state index contributed by atoms with van der Waals surface area (Å²) in [6.07, 6.45) is 2.92. The van der Waals surface area contributed by atoms with E-state index in [9.17, 15) is 9.90 Å². The van der Waals surface area contributed by atoms with E-state index in [2.05, 4.69) is 5.32 Å². The van der Waals surface area contributed by atoms with Gasteiger partial charge in [0, 0.05) is 19.0 Å². The highest BCUT2D eigenvalue weighted by molar-refractivity contribution is 5.76. The molecule has 0 bridgehead atoms. The topological polar surface area (TPSA) is 75.4 Å². The smallest absolute Gasteiger partial charge is 0.221 e. The third kappa shape index (κ3) is 4.07. The second kappa shape index (κ2) is 5.32. The van der Waals surface area contributed by atoms with E-state index in [4.69, 9.17) is 5.73 Å². The molecule has 4 N–H and O–H groups in total. The number of nitrogens with one attached hydrogen (secondary N) is 1. The average Bonchev–Trinajstić information content (AvgIpc) is 2.47. The molecule has 1 fully saturated rings. The van der Waals surface area contributed by atoms with Gasteiger partial charge in [0.25, 0.3) is 0 Å². The Bertz CT molecular complexity index is 195. The maximum absolute atomic E-state index is 11.2. The molecule has 1 aliphatic rings. The maximum Gasteiger partial charge on any atom is 0.221 e. The summed E-state index contributed by atoms with van der Waals surface area (Å²) in [5, 5.41) is 12.1. The van der Waals surface area contributed by atoms with E-state index in [-0.39, 0.29) is 18.1 Å². The number of aliphatic hydroxyl groups excluding tert-OH is 1. The highest BCUT2D eigenvalue weighted by atomic mass is 16.3. The summed E-state index contributed by atoms with van der Waals surface area (Å²) in [5.41, 5.74) is 5.50. The first kappa shape index (κ1) is 11.5. The zero-order chi connectivity index (χ0) is 10.6. The van der Waals surface area contributed by atoms with Crippen LogP contribution >= 0.6 is 0 Å². The molecule has 1 amide bonds. The van der Waals surface area contributed by atoms with Crippen LogP contribution in [-0.4, -0.2) is 29.7 Å². The lowest BCUT2D eigenvalue weighted by molar-refractivity contribution is -0.121. The van der Waals surface area contributed by atoms with E-state index in [1.165, 1.54) is 0 Å². The second-order valence-corrected chi connectivity index (χ2v) is 4.32. The third-order valence-electron chi connectivity index (χ3n) is 2.61. The molecule has 1 aliphatic carbocycles. The number of nitrogens with two attached hydrogens (primary N) is 1. The van der Waals surface area contributed by atoms with Crippen molar-refractivity contribution < 1.29 is 9.90 Å². The van der Waals surface area contributed by atoms with Crippen LogP contribution < -0.4 is 11.1 Å². The largest absolute Gasteiger partial charge is 0.393 e. The molecule has 0 radical (unpaired) electrons. The molecule has 0 aliphatic heterocycles. The highest BCUT2D eigenvalue weighted by Gasteiger charge is 2.22. The molecule has 4 nitrogen and oxygen atoms in total. The first-order valence-corrected chi connectivity index (χ1v) is 5.28. The Morgan fingerprint density at radius 2 is 2.36 bits per heavy atom. The number of aliphatic hydroxyl groups is 1. The molecular formula is C10H20N2O2. The van der Waals surface area contributed by atoms with E-state index in [0.717, 1.165) is 19.3 Å². The van der Waals surface area contributed by atoms with Crippen molar-refractivity contribution in [2.24, 2.45) is 11.7 Å². The van der Waals surface area contributed by atoms with Gasteiger partial charge in [-0.2, -0.15) is 0 Å². The van der Waals surface area contributed by atoms with E-state index >= 15 is 0 Å². The molecule has 0 spiro atoms. The number of rotatable bonds is 4. The van der Waals surface area contributed by atoms with Crippen LogP contribution in [0.15, 0.2) is 0 Å². The van der Waals surface area contributed by atoms with Gasteiger partial charge in [-0.05, 0) is 32.1 Å². The van der Waals surface area contributed by atoms with Crippen molar-refractivity contribution in [2.75, 3.05) is 6.54 Å². The predicted octanol–water partition coefficient (Wildman–Crippen LogP) is 0.000900. The second-order valence-electron chi connectivity index (χ2n) is 4.32. The lowest BCUT2D eigenvalue weighted by Crippen LogP contribution is -2.32. The molecular weight excluding hydrogens is 180 g/mol. The van der Waals surface area contributed by atoms with E-state index in [0.29, 0.717) is 18.9 Å². The minimum Gasteiger partial charge on any atom is -0.393 e. The Kier molecular flexibility index (Phi) is 4.35. The van der Waals surface area contributed by atoms with Gasteiger partial charge < -0.3 is 16.2 Å². The Balaban J connectivity index is 2.11. The van der Waals surface area contributed by atoms with Crippen LogP contribution in [0.5, 0.6) is 0 Å². The first-order chi connectivity index (χ1) is 6.58. The summed E-state index contributed by atoms with van der Waals surface area (Å²) in [6.45, 7) is 2.50. The van der Waals surface area contributed by atoms with E-state index in [1.54, 1.807) is 0 Å². The molecule has 3 unspecified atom stereocenters. The fraction of sp³-hybridized carbons (Fsp3) is 0.900. The van der Waals surface area contributed by atoms with Crippen molar-refractivity contribution in [1.29, 1.82) is 0 Å². The molecule has 82 valence electrons. The van der Waals surface area contributed by atoms with Crippen LogP contribution in [0.1, 0.15) is 32.6 Å². The molecule has 3 atom stereocenters. The van der Waals surface area contributed by atoms with Gasteiger partial charge in [-0.3, -0.25) is 4.79 Å². The zero-order valence-electron chi connectivity index (χ0n) is 8.70. The van der Waals surface area contributed by atoms with Crippen molar-refractivity contribution in [3.63, 3.8) is 0 Å². The van der Waals surface area contributed by atoms with Gasteiger partial charge in [-0.15, -0.1) is 0 Å². The van der Waals surface area contributed by atoms with Crippen LogP contribution in [0.25, 0.3) is 0 Å². The molecule has 1 saturated carbocycles. The number of hydrogen-bond donors (Lipinski definition) is 3. The maximum atomic E-state index is 11.2. The van der Waals surface area contributed by atoms with Crippen LogP contribution in [-0.2, 0) is 4.79 Å². The standard InChI is InChI=1S/C10H20N2O2/c1-7(11)4-10(14)12-6-8-2-3-9(13)5-8/h7-9,13H,2-6,11H2,1H3,(H,12,14). The SMILES string of the molecule is CC(N)CC(=O)NCC1CCC(O)C1.